The Hall–Kier alpha value is -2.32. The number of nitrogens with zero attached hydrogens (tertiary/aromatic N) is 1. The first kappa shape index (κ1) is 22.9. The quantitative estimate of drug-likeness (QED) is 0.739. The average molecular weight is 463 g/mol. The Kier molecular flexibility index (Phi) is 6.36. The van der Waals surface area contributed by atoms with Gasteiger partial charge in [0.05, 0.1) is 12.3 Å². The first-order chi connectivity index (χ1) is 15.1. The minimum Gasteiger partial charge on any atom is -0.333 e. The molecule has 0 radical (unpaired) electrons. The molecular formula is C24H28F2N2O3S. The monoisotopic (exact) mass is 462 g/mol. The van der Waals surface area contributed by atoms with Gasteiger partial charge in [-0.15, -0.1) is 0 Å². The zero-order valence-electron chi connectivity index (χ0n) is 18.1. The van der Waals surface area contributed by atoms with Crippen LogP contribution in [0, 0.1) is 0 Å². The van der Waals surface area contributed by atoms with Gasteiger partial charge in [0, 0.05) is 19.0 Å². The molecule has 2 aliphatic rings. The molecule has 4 rings (SSSR count). The predicted octanol–water partition coefficient (Wildman–Crippen LogP) is 3.78. The Morgan fingerprint density at radius 3 is 2.66 bits per heavy atom. The Morgan fingerprint density at radius 1 is 1.09 bits per heavy atom. The van der Waals surface area contributed by atoms with E-state index in [0.29, 0.717) is 25.7 Å². The van der Waals surface area contributed by atoms with Crippen molar-refractivity contribution in [3.63, 3.8) is 0 Å². The SMILES string of the molecule is CS(=O)(=O)NC1CCCN2C(=O)C(F)(F)CCCc3ccccc3-c3cccc(c3)CC12. The van der Waals surface area contributed by atoms with Crippen LogP contribution in [-0.4, -0.2) is 50.0 Å². The summed E-state index contributed by atoms with van der Waals surface area (Å²) >= 11 is 0. The molecule has 2 aromatic rings. The van der Waals surface area contributed by atoms with Crippen molar-refractivity contribution in [2.45, 2.75) is 56.5 Å². The summed E-state index contributed by atoms with van der Waals surface area (Å²) in [4.78, 5) is 14.2. The molecule has 32 heavy (non-hydrogen) atoms. The minimum absolute atomic E-state index is 0.180. The van der Waals surface area contributed by atoms with Gasteiger partial charge in [0.15, 0.2) is 0 Å². The van der Waals surface area contributed by atoms with E-state index in [9.17, 15) is 22.0 Å². The van der Waals surface area contributed by atoms with Crippen molar-refractivity contribution >= 4 is 15.9 Å². The smallest absolute Gasteiger partial charge is 0.324 e. The van der Waals surface area contributed by atoms with Crippen LogP contribution in [0.5, 0.6) is 0 Å². The third-order valence-corrected chi connectivity index (χ3v) is 7.09. The molecule has 172 valence electrons. The fourth-order valence-electron chi connectivity index (χ4n) is 4.92. The molecule has 1 amide bonds. The van der Waals surface area contributed by atoms with Crippen molar-refractivity contribution < 1.29 is 22.0 Å². The number of piperidine rings is 1. The first-order valence-electron chi connectivity index (χ1n) is 11.0. The van der Waals surface area contributed by atoms with E-state index < -0.39 is 40.4 Å². The third kappa shape index (κ3) is 5.02. The fourth-order valence-corrected chi connectivity index (χ4v) is 5.74. The lowest BCUT2D eigenvalue weighted by molar-refractivity contribution is -0.163. The third-order valence-electron chi connectivity index (χ3n) is 6.36. The number of hydrogen-bond acceptors (Lipinski definition) is 3. The van der Waals surface area contributed by atoms with Gasteiger partial charge in [-0.3, -0.25) is 4.79 Å². The van der Waals surface area contributed by atoms with Gasteiger partial charge in [-0.25, -0.2) is 13.1 Å². The Bertz CT molecular complexity index is 1100. The van der Waals surface area contributed by atoms with E-state index in [4.69, 9.17) is 0 Å². The van der Waals surface area contributed by atoms with Crippen LogP contribution < -0.4 is 4.72 Å². The molecular weight excluding hydrogens is 434 g/mol. The summed E-state index contributed by atoms with van der Waals surface area (Å²) in [6.07, 6.45) is 2.41. The zero-order valence-corrected chi connectivity index (χ0v) is 18.9. The number of sulfonamides is 1. The summed E-state index contributed by atoms with van der Waals surface area (Å²) in [6.45, 7) is 0.195. The molecule has 2 aromatic carbocycles. The maximum absolute atomic E-state index is 15.0. The fraction of sp³-hybridized carbons (Fsp3) is 0.458. The molecule has 2 heterocycles. The molecule has 2 atom stereocenters. The van der Waals surface area contributed by atoms with Crippen molar-refractivity contribution in [3.8, 4) is 11.1 Å². The van der Waals surface area contributed by atoms with Crippen LogP contribution in [0.15, 0.2) is 48.5 Å². The van der Waals surface area contributed by atoms with Crippen LogP contribution in [-0.2, 0) is 27.7 Å². The van der Waals surface area contributed by atoms with Gasteiger partial charge in [0.1, 0.15) is 0 Å². The Labute approximate surface area is 187 Å². The Morgan fingerprint density at radius 2 is 1.88 bits per heavy atom. The highest BCUT2D eigenvalue weighted by atomic mass is 32.2. The van der Waals surface area contributed by atoms with Crippen LogP contribution in [0.3, 0.4) is 0 Å². The molecule has 5 nitrogen and oxygen atoms in total. The van der Waals surface area contributed by atoms with Crippen LogP contribution in [0.2, 0.25) is 0 Å². The molecule has 2 bridgehead atoms. The standard InChI is InChI=1S/C24H28F2N2O3S/c1-32(30,31)27-21-12-6-14-28-22(21)16-17-7-4-9-19(15-17)20-11-3-2-8-18(20)10-5-13-24(25,26)23(28)29/h2-4,7-9,11,15,21-22,27H,5-6,10,12-14,16H2,1H3. The normalized spacial score (nSPS) is 23.8. The van der Waals surface area contributed by atoms with Crippen molar-refractivity contribution in [1.82, 2.24) is 9.62 Å². The molecule has 2 unspecified atom stereocenters. The van der Waals surface area contributed by atoms with Crippen molar-refractivity contribution in [1.29, 1.82) is 0 Å². The number of amides is 1. The highest BCUT2D eigenvalue weighted by Gasteiger charge is 2.46. The molecule has 0 aliphatic carbocycles. The molecule has 1 fully saturated rings. The van der Waals surface area contributed by atoms with Gasteiger partial charge in [0.2, 0.25) is 10.0 Å². The lowest BCUT2D eigenvalue weighted by Crippen LogP contribution is -2.60. The predicted molar refractivity (Wildman–Crippen MR) is 120 cm³/mol. The van der Waals surface area contributed by atoms with Gasteiger partial charge in [-0.1, -0.05) is 48.5 Å². The summed E-state index contributed by atoms with van der Waals surface area (Å²) in [5.74, 6) is -4.70. The second-order valence-electron chi connectivity index (χ2n) is 8.82. The van der Waals surface area contributed by atoms with E-state index in [1.54, 1.807) is 0 Å². The van der Waals surface area contributed by atoms with E-state index in [2.05, 4.69) is 4.72 Å². The number of fused-ring (bicyclic) bond motifs is 5. The number of alkyl halides is 2. The van der Waals surface area contributed by atoms with Gasteiger partial charge in [-0.2, -0.15) is 8.78 Å². The van der Waals surface area contributed by atoms with E-state index in [1.165, 1.54) is 4.90 Å². The average Bonchev–Trinajstić information content (AvgIpc) is 2.73. The Balaban J connectivity index is 1.79. The molecule has 0 spiro atoms. The summed E-state index contributed by atoms with van der Waals surface area (Å²) in [6, 6.07) is 14.3. The number of rotatable bonds is 2. The summed E-state index contributed by atoms with van der Waals surface area (Å²) in [5.41, 5.74) is 3.84. The maximum atomic E-state index is 15.0. The summed E-state index contributed by atoms with van der Waals surface area (Å²) in [5, 5.41) is 0. The molecule has 1 saturated heterocycles. The molecule has 2 aliphatic heterocycles. The van der Waals surface area contributed by atoms with Crippen LogP contribution in [0.4, 0.5) is 8.78 Å². The van der Waals surface area contributed by atoms with Gasteiger partial charge < -0.3 is 4.90 Å². The highest BCUT2D eigenvalue weighted by Crippen LogP contribution is 2.33. The number of aryl methyl sites for hydroxylation is 1. The zero-order chi connectivity index (χ0) is 22.9. The van der Waals surface area contributed by atoms with E-state index in [1.807, 2.05) is 48.5 Å². The molecule has 0 saturated carbocycles. The minimum atomic E-state index is -3.56. The number of benzene rings is 2. The van der Waals surface area contributed by atoms with Gasteiger partial charge in [-0.05, 0) is 54.4 Å². The number of hydrogen-bond donors (Lipinski definition) is 1. The van der Waals surface area contributed by atoms with E-state index in [0.717, 1.165) is 28.5 Å². The first-order valence-corrected chi connectivity index (χ1v) is 12.9. The van der Waals surface area contributed by atoms with Crippen molar-refractivity contribution in [2.75, 3.05) is 12.8 Å². The lowest BCUT2D eigenvalue weighted by atomic mass is 9.89. The lowest BCUT2D eigenvalue weighted by Gasteiger charge is -2.42. The van der Waals surface area contributed by atoms with E-state index in [-0.39, 0.29) is 13.0 Å². The van der Waals surface area contributed by atoms with Crippen LogP contribution in [0.1, 0.15) is 36.8 Å². The van der Waals surface area contributed by atoms with Crippen LogP contribution >= 0.6 is 0 Å². The topological polar surface area (TPSA) is 66.5 Å². The largest absolute Gasteiger partial charge is 0.333 e. The number of nitrogens with one attached hydrogen (secondary N) is 1. The number of carbonyl (C=O) groups excluding carboxylic acids is 1. The highest BCUT2D eigenvalue weighted by molar-refractivity contribution is 7.88. The second-order valence-corrected chi connectivity index (χ2v) is 10.6. The van der Waals surface area contributed by atoms with E-state index >= 15 is 0 Å². The van der Waals surface area contributed by atoms with Crippen molar-refractivity contribution in [2.24, 2.45) is 0 Å². The van der Waals surface area contributed by atoms with Gasteiger partial charge in [0.25, 0.3) is 5.91 Å². The molecule has 8 heteroatoms. The molecule has 0 aromatic heterocycles. The molecule has 1 N–H and O–H groups in total. The van der Waals surface area contributed by atoms with Crippen molar-refractivity contribution in [3.05, 3.63) is 59.7 Å². The maximum Gasteiger partial charge on any atom is 0.324 e. The summed E-state index contributed by atoms with van der Waals surface area (Å²) < 4.78 is 56.5. The summed E-state index contributed by atoms with van der Waals surface area (Å²) in [7, 11) is -3.56. The van der Waals surface area contributed by atoms with Crippen LogP contribution in [0.25, 0.3) is 11.1 Å². The number of halogens is 2. The van der Waals surface area contributed by atoms with Gasteiger partial charge >= 0.3 is 5.92 Å². The second kappa shape index (κ2) is 8.90. The number of carbonyl (C=O) groups is 1.